The van der Waals surface area contributed by atoms with Crippen molar-refractivity contribution in [2.45, 2.75) is 25.3 Å². The Hall–Kier alpha value is -2.85. The molecule has 0 bridgehead atoms. The highest BCUT2D eigenvalue weighted by Gasteiger charge is 2.38. The summed E-state index contributed by atoms with van der Waals surface area (Å²) in [4.78, 5) is 25.8. The molecule has 0 aliphatic heterocycles. The Labute approximate surface area is 178 Å². The van der Waals surface area contributed by atoms with Crippen LogP contribution in [0.25, 0.3) is 0 Å². The van der Waals surface area contributed by atoms with E-state index in [9.17, 15) is 22.8 Å². The summed E-state index contributed by atoms with van der Waals surface area (Å²) in [6, 6.07) is 5.23. The number of hydrogen-bond acceptors (Lipinski definition) is 6. The number of alkyl halides is 3. The molecule has 2 rings (SSSR count). The van der Waals surface area contributed by atoms with Crippen LogP contribution < -0.4 is 9.47 Å². The van der Waals surface area contributed by atoms with Crippen LogP contribution >= 0.6 is 0 Å². The standard InChI is InChI=1S/C21H24F3NO6/c1-14(26)25(10-8-15-5-6-18(28-2)19(11-15)29-3)16-12-20(30-4,9-7-17(16)27)31-13-21(22,23)24/h5-7,9,11-12H,8,10,13H2,1-4H3. The summed E-state index contributed by atoms with van der Waals surface area (Å²) in [5, 5.41) is 0. The Morgan fingerprint density at radius 2 is 1.81 bits per heavy atom. The Morgan fingerprint density at radius 1 is 1.13 bits per heavy atom. The molecule has 1 aromatic carbocycles. The number of methoxy groups -OCH3 is 3. The van der Waals surface area contributed by atoms with Crippen molar-refractivity contribution in [3.8, 4) is 11.5 Å². The van der Waals surface area contributed by atoms with Gasteiger partial charge < -0.3 is 23.8 Å². The second kappa shape index (κ2) is 9.97. The summed E-state index contributed by atoms with van der Waals surface area (Å²) >= 11 is 0. The van der Waals surface area contributed by atoms with Crippen molar-refractivity contribution in [2.24, 2.45) is 0 Å². The van der Waals surface area contributed by atoms with Crippen LogP contribution in [0.3, 0.4) is 0 Å². The first kappa shape index (κ1) is 24.4. The van der Waals surface area contributed by atoms with E-state index in [2.05, 4.69) is 0 Å². The number of benzene rings is 1. The van der Waals surface area contributed by atoms with Gasteiger partial charge in [0.15, 0.2) is 11.5 Å². The van der Waals surface area contributed by atoms with Gasteiger partial charge in [0, 0.05) is 26.7 Å². The van der Waals surface area contributed by atoms with Crippen molar-refractivity contribution in [1.29, 1.82) is 0 Å². The first-order chi connectivity index (χ1) is 14.5. The van der Waals surface area contributed by atoms with Gasteiger partial charge in [-0.3, -0.25) is 9.59 Å². The van der Waals surface area contributed by atoms with E-state index in [0.717, 1.165) is 30.9 Å². The number of carbonyl (C=O) groups excluding carboxylic acids is 2. The van der Waals surface area contributed by atoms with E-state index in [4.69, 9.17) is 18.9 Å². The van der Waals surface area contributed by atoms with Gasteiger partial charge >= 0.3 is 6.18 Å². The van der Waals surface area contributed by atoms with Gasteiger partial charge in [-0.2, -0.15) is 13.2 Å². The van der Waals surface area contributed by atoms with Crippen molar-refractivity contribution >= 4 is 11.7 Å². The summed E-state index contributed by atoms with van der Waals surface area (Å²) in [6.45, 7) is -0.240. The molecule has 31 heavy (non-hydrogen) atoms. The van der Waals surface area contributed by atoms with Crippen LogP contribution in [0.15, 0.2) is 42.1 Å². The molecule has 0 aromatic heterocycles. The summed E-state index contributed by atoms with van der Waals surface area (Å²) in [5.41, 5.74) is 0.675. The highest BCUT2D eigenvalue weighted by Crippen LogP contribution is 2.30. The van der Waals surface area contributed by atoms with Crippen LogP contribution in [0.2, 0.25) is 0 Å². The topological polar surface area (TPSA) is 74.3 Å². The lowest BCUT2D eigenvalue weighted by molar-refractivity contribution is -0.238. The molecule has 10 heteroatoms. The zero-order valence-corrected chi connectivity index (χ0v) is 17.6. The Balaban J connectivity index is 2.27. The predicted molar refractivity (Wildman–Crippen MR) is 105 cm³/mol. The fraction of sp³-hybridized carbons (Fsp3) is 0.429. The van der Waals surface area contributed by atoms with Crippen LogP contribution in [0.4, 0.5) is 13.2 Å². The molecule has 1 unspecified atom stereocenters. The largest absolute Gasteiger partial charge is 0.493 e. The van der Waals surface area contributed by atoms with E-state index in [1.54, 1.807) is 18.2 Å². The number of halogens is 3. The molecule has 1 aliphatic rings. The minimum absolute atomic E-state index is 0.0926. The molecule has 1 aliphatic carbocycles. The van der Waals surface area contributed by atoms with E-state index in [-0.39, 0.29) is 12.2 Å². The van der Waals surface area contributed by atoms with Gasteiger partial charge in [0.25, 0.3) is 0 Å². The SMILES string of the molecule is COc1ccc(CCN(C(C)=O)C2=CC(OC)(OCC(F)(F)F)C=CC2=O)cc1OC. The molecule has 1 amide bonds. The maximum Gasteiger partial charge on any atom is 0.411 e. The molecule has 0 spiro atoms. The van der Waals surface area contributed by atoms with Gasteiger partial charge in [-0.15, -0.1) is 0 Å². The zero-order valence-electron chi connectivity index (χ0n) is 17.6. The normalized spacial score (nSPS) is 18.5. The van der Waals surface area contributed by atoms with Crippen LogP contribution in [-0.2, 0) is 25.5 Å². The van der Waals surface area contributed by atoms with Crippen molar-refractivity contribution in [1.82, 2.24) is 4.90 Å². The van der Waals surface area contributed by atoms with Gasteiger partial charge in [-0.25, -0.2) is 0 Å². The minimum atomic E-state index is -4.59. The number of allylic oxidation sites excluding steroid dienone is 1. The van der Waals surface area contributed by atoms with Crippen molar-refractivity contribution in [3.63, 3.8) is 0 Å². The third-order valence-electron chi connectivity index (χ3n) is 4.58. The van der Waals surface area contributed by atoms with E-state index in [1.165, 1.54) is 26.0 Å². The predicted octanol–water partition coefficient (Wildman–Crippen LogP) is 3.04. The van der Waals surface area contributed by atoms with Crippen molar-refractivity contribution < 1.29 is 41.7 Å². The maximum absolute atomic E-state index is 12.6. The number of ketones is 1. The molecule has 0 fully saturated rings. The second-order valence-electron chi connectivity index (χ2n) is 6.67. The molecule has 0 heterocycles. The third kappa shape index (κ3) is 6.31. The molecule has 0 saturated heterocycles. The number of carbonyl (C=O) groups is 2. The summed E-state index contributed by atoms with van der Waals surface area (Å²) in [5.74, 6) is -1.89. The minimum Gasteiger partial charge on any atom is -0.493 e. The molecule has 170 valence electrons. The number of rotatable bonds is 9. The Kier molecular flexibility index (Phi) is 7.85. The molecule has 1 atom stereocenters. The maximum atomic E-state index is 12.6. The van der Waals surface area contributed by atoms with Gasteiger partial charge in [-0.1, -0.05) is 6.07 Å². The first-order valence-electron chi connectivity index (χ1n) is 9.25. The number of ether oxygens (including phenoxy) is 4. The van der Waals surface area contributed by atoms with Gasteiger partial charge in [0.05, 0.1) is 19.9 Å². The molecule has 7 nitrogen and oxygen atoms in total. The van der Waals surface area contributed by atoms with Crippen LogP contribution in [0.1, 0.15) is 12.5 Å². The fourth-order valence-electron chi connectivity index (χ4n) is 2.99. The van der Waals surface area contributed by atoms with E-state index >= 15 is 0 Å². The molecular weight excluding hydrogens is 419 g/mol. The summed E-state index contributed by atoms with van der Waals surface area (Å²) in [6.07, 6.45) is -1.06. The number of hydrogen-bond donors (Lipinski definition) is 0. The lowest BCUT2D eigenvalue weighted by Gasteiger charge is -2.32. The van der Waals surface area contributed by atoms with Crippen LogP contribution in [-0.4, -0.2) is 63.0 Å². The monoisotopic (exact) mass is 443 g/mol. The molecular formula is C21H24F3NO6. The summed E-state index contributed by atoms with van der Waals surface area (Å²) < 4.78 is 58.3. The van der Waals surface area contributed by atoms with E-state index in [0.29, 0.717) is 17.9 Å². The lowest BCUT2D eigenvalue weighted by Crippen LogP contribution is -2.41. The first-order valence-corrected chi connectivity index (χ1v) is 9.25. The third-order valence-corrected chi connectivity index (χ3v) is 4.58. The average Bonchev–Trinajstić information content (AvgIpc) is 2.73. The quantitative estimate of drug-likeness (QED) is 0.547. The van der Waals surface area contributed by atoms with Gasteiger partial charge in [-0.05, 0) is 36.3 Å². The Morgan fingerprint density at radius 3 is 2.35 bits per heavy atom. The van der Waals surface area contributed by atoms with Crippen LogP contribution in [0, 0.1) is 0 Å². The van der Waals surface area contributed by atoms with E-state index < -0.39 is 30.3 Å². The molecule has 1 aromatic rings. The summed E-state index contributed by atoms with van der Waals surface area (Å²) in [7, 11) is 4.14. The highest BCUT2D eigenvalue weighted by atomic mass is 19.4. The molecule has 0 N–H and O–H groups in total. The second-order valence-corrected chi connectivity index (χ2v) is 6.67. The molecule has 0 saturated carbocycles. The Bertz CT molecular complexity index is 880. The zero-order chi connectivity index (χ0) is 23.2. The van der Waals surface area contributed by atoms with Crippen LogP contribution in [0.5, 0.6) is 11.5 Å². The van der Waals surface area contributed by atoms with Crippen molar-refractivity contribution in [3.05, 3.63) is 47.7 Å². The lowest BCUT2D eigenvalue weighted by atomic mass is 10.0. The smallest absolute Gasteiger partial charge is 0.411 e. The number of amides is 1. The fourth-order valence-corrected chi connectivity index (χ4v) is 2.99. The van der Waals surface area contributed by atoms with Gasteiger partial charge in [0.1, 0.15) is 6.61 Å². The highest BCUT2D eigenvalue weighted by molar-refractivity contribution is 6.07. The average molecular weight is 443 g/mol. The van der Waals surface area contributed by atoms with Gasteiger partial charge in [0.2, 0.25) is 17.5 Å². The number of nitrogens with zero attached hydrogens (tertiary/aromatic N) is 1. The molecule has 0 radical (unpaired) electrons. The van der Waals surface area contributed by atoms with E-state index in [1.807, 2.05) is 0 Å². The van der Waals surface area contributed by atoms with Crippen molar-refractivity contribution in [2.75, 3.05) is 34.5 Å².